The van der Waals surface area contributed by atoms with Crippen LogP contribution in [-0.4, -0.2) is 55.5 Å². The summed E-state index contributed by atoms with van der Waals surface area (Å²) in [7, 11) is -2.18. The van der Waals surface area contributed by atoms with Crippen LogP contribution in [0.1, 0.15) is 30.9 Å². The van der Waals surface area contributed by atoms with Gasteiger partial charge in [0.2, 0.25) is 0 Å². The van der Waals surface area contributed by atoms with Crippen LogP contribution < -0.4 is 5.48 Å². The highest BCUT2D eigenvalue weighted by molar-refractivity contribution is 7.92. The van der Waals surface area contributed by atoms with Gasteiger partial charge in [-0.05, 0) is 48.6 Å². The normalized spacial score (nSPS) is 14.0. The molecule has 172 valence electrons. The molecule has 0 bridgehead atoms. The van der Waals surface area contributed by atoms with Crippen LogP contribution >= 0.6 is 0 Å². The van der Waals surface area contributed by atoms with Crippen LogP contribution in [0, 0.1) is 11.8 Å². The first-order valence-corrected chi connectivity index (χ1v) is 12.0. The summed E-state index contributed by atoms with van der Waals surface area (Å²) in [5, 5.41) is 18.0. The molecule has 2 unspecified atom stereocenters. The van der Waals surface area contributed by atoms with E-state index in [2.05, 4.69) is 11.8 Å². The maximum atomic E-state index is 12.1. The SMILES string of the molecule is COC(CO)CC#Cc1ccc(-c2ccc(CCC(C)(C(=O)NO)S(C)(=O)=O)cc2)cc1. The monoisotopic (exact) mass is 459 g/mol. The van der Waals surface area contributed by atoms with Gasteiger partial charge in [-0.2, -0.15) is 0 Å². The number of hydrogen-bond donors (Lipinski definition) is 3. The maximum Gasteiger partial charge on any atom is 0.264 e. The first kappa shape index (κ1) is 25.6. The van der Waals surface area contributed by atoms with Gasteiger partial charge in [0.25, 0.3) is 5.91 Å². The van der Waals surface area contributed by atoms with Crippen molar-refractivity contribution in [1.29, 1.82) is 0 Å². The van der Waals surface area contributed by atoms with Crippen LogP contribution in [0.4, 0.5) is 0 Å². The Morgan fingerprint density at radius 2 is 1.69 bits per heavy atom. The van der Waals surface area contributed by atoms with Gasteiger partial charge in [-0.3, -0.25) is 10.0 Å². The number of rotatable bonds is 9. The van der Waals surface area contributed by atoms with E-state index in [-0.39, 0.29) is 19.1 Å². The fourth-order valence-corrected chi connectivity index (χ4v) is 3.92. The number of ether oxygens (including phenoxy) is 1. The molecule has 0 fully saturated rings. The summed E-state index contributed by atoms with van der Waals surface area (Å²) in [6.07, 6.45) is 1.57. The highest BCUT2D eigenvalue weighted by Crippen LogP contribution is 2.25. The van der Waals surface area contributed by atoms with E-state index in [1.807, 2.05) is 48.5 Å². The van der Waals surface area contributed by atoms with Crippen molar-refractivity contribution in [2.24, 2.45) is 0 Å². The van der Waals surface area contributed by atoms with Crippen LogP contribution in [0.25, 0.3) is 11.1 Å². The molecule has 0 aliphatic heterocycles. The Kier molecular flexibility index (Phi) is 8.99. The van der Waals surface area contributed by atoms with E-state index in [9.17, 15) is 13.2 Å². The predicted octanol–water partition coefficient (Wildman–Crippen LogP) is 2.34. The van der Waals surface area contributed by atoms with Crippen LogP contribution in [0.15, 0.2) is 48.5 Å². The molecule has 0 heterocycles. The van der Waals surface area contributed by atoms with Crippen molar-refractivity contribution < 1.29 is 28.3 Å². The number of nitrogens with one attached hydrogen (secondary N) is 1. The molecule has 3 N–H and O–H groups in total. The lowest BCUT2D eigenvalue weighted by Gasteiger charge is -2.25. The summed E-state index contributed by atoms with van der Waals surface area (Å²) < 4.78 is 27.5. The molecular formula is C24H29NO6S. The fraction of sp³-hybridized carbons (Fsp3) is 0.375. The second-order valence-electron chi connectivity index (χ2n) is 7.76. The summed E-state index contributed by atoms with van der Waals surface area (Å²) in [4.78, 5) is 11.9. The minimum Gasteiger partial charge on any atom is -0.394 e. The molecule has 2 aromatic carbocycles. The molecule has 2 aromatic rings. The van der Waals surface area contributed by atoms with E-state index in [1.165, 1.54) is 12.4 Å². The van der Waals surface area contributed by atoms with Crippen molar-refractivity contribution in [3.05, 3.63) is 59.7 Å². The number of aliphatic hydroxyl groups excluding tert-OH is 1. The molecule has 1 amide bonds. The Bertz CT molecular complexity index is 1060. The van der Waals surface area contributed by atoms with Crippen molar-refractivity contribution in [1.82, 2.24) is 5.48 Å². The average Bonchev–Trinajstić information content (AvgIpc) is 2.79. The number of benzene rings is 2. The molecule has 0 aliphatic rings. The van der Waals surface area contributed by atoms with E-state index in [0.29, 0.717) is 12.8 Å². The number of hydroxylamine groups is 1. The lowest BCUT2D eigenvalue weighted by Crippen LogP contribution is -2.49. The molecule has 7 nitrogen and oxygen atoms in total. The molecular weight excluding hydrogens is 430 g/mol. The Morgan fingerprint density at radius 3 is 2.16 bits per heavy atom. The van der Waals surface area contributed by atoms with Gasteiger partial charge in [-0.15, -0.1) is 0 Å². The molecule has 8 heteroatoms. The Labute approximate surface area is 189 Å². The third-order valence-electron chi connectivity index (χ3n) is 5.56. The number of aryl methyl sites for hydroxylation is 1. The third-order valence-corrected chi connectivity index (χ3v) is 7.59. The quantitative estimate of drug-likeness (QED) is 0.301. The van der Waals surface area contributed by atoms with E-state index >= 15 is 0 Å². The van der Waals surface area contributed by atoms with E-state index in [4.69, 9.17) is 15.1 Å². The van der Waals surface area contributed by atoms with Gasteiger partial charge in [-0.1, -0.05) is 48.2 Å². The van der Waals surface area contributed by atoms with Crippen LogP contribution in [-0.2, 0) is 25.8 Å². The summed E-state index contributed by atoms with van der Waals surface area (Å²) in [5.41, 5.74) is 5.21. The predicted molar refractivity (Wildman–Crippen MR) is 123 cm³/mol. The smallest absolute Gasteiger partial charge is 0.264 e. The largest absolute Gasteiger partial charge is 0.394 e. The van der Waals surface area contributed by atoms with Crippen molar-refractivity contribution in [2.45, 2.75) is 37.0 Å². The topological polar surface area (TPSA) is 113 Å². The Morgan fingerprint density at radius 1 is 1.12 bits per heavy atom. The highest BCUT2D eigenvalue weighted by Gasteiger charge is 2.43. The fourth-order valence-electron chi connectivity index (χ4n) is 3.07. The summed E-state index contributed by atoms with van der Waals surface area (Å²) in [6.45, 7) is 1.24. The first-order valence-electron chi connectivity index (χ1n) is 10.1. The lowest BCUT2D eigenvalue weighted by atomic mass is 9.97. The van der Waals surface area contributed by atoms with Gasteiger partial charge in [0.05, 0.1) is 12.7 Å². The van der Waals surface area contributed by atoms with Gasteiger partial charge in [0.15, 0.2) is 9.84 Å². The molecule has 2 rings (SSSR count). The number of carbonyl (C=O) groups excluding carboxylic acids is 1. The summed E-state index contributed by atoms with van der Waals surface area (Å²) >= 11 is 0. The number of methoxy groups -OCH3 is 1. The third kappa shape index (κ3) is 6.40. The van der Waals surface area contributed by atoms with Crippen molar-refractivity contribution in [3.8, 4) is 23.0 Å². The number of carbonyl (C=O) groups is 1. The van der Waals surface area contributed by atoms with Crippen LogP contribution in [0.5, 0.6) is 0 Å². The second kappa shape index (κ2) is 11.2. The van der Waals surface area contributed by atoms with Crippen molar-refractivity contribution in [3.63, 3.8) is 0 Å². The first-order chi connectivity index (χ1) is 15.1. The van der Waals surface area contributed by atoms with E-state index in [0.717, 1.165) is 28.5 Å². The molecule has 0 saturated carbocycles. The maximum absolute atomic E-state index is 12.1. The number of sulfone groups is 1. The molecule has 32 heavy (non-hydrogen) atoms. The van der Waals surface area contributed by atoms with Gasteiger partial charge in [0, 0.05) is 25.3 Å². The van der Waals surface area contributed by atoms with Gasteiger partial charge in [-0.25, -0.2) is 13.9 Å². The number of hydrogen-bond acceptors (Lipinski definition) is 6. The van der Waals surface area contributed by atoms with Gasteiger partial charge < -0.3 is 9.84 Å². The number of aliphatic hydroxyl groups is 1. The van der Waals surface area contributed by atoms with Gasteiger partial charge in [0.1, 0.15) is 4.75 Å². The minimum atomic E-state index is -3.72. The number of amides is 1. The molecule has 0 aromatic heterocycles. The van der Waals surface area contributed by atoms with E-state index < -0.39 is 20.5 Å². The Hall–Kier alpha value is -2.70. The zero-order valence-electron chi connectivity index (χ0n) is 18.5. The zero-order valence-corrected chi connectivity index (χ0v) is 19.3. The van der Waals surface area contributed by atoms with Crippen LogP contribution in [0.3, 0.4) is 0 Å². The Balaban J connectivity index is 2.06. The molecule has 2 atom stereocenters. The summed E-state index contributed by atoms with van der Waals surface area (Å²) in [5.74, 6) is 5.11. The van der Waals surface area contributed by atoms with E-state index in [1.54, 1.807) is 7.11 Å². The van der Waals surface area contributed by atoms with Crippen LogP contribution in [0.2, 0.25) is 0 Å². The molecule has 0 spiro atoms. The standard InChI is InChI=1S/C24H29NO6S/c1-24(23(27)25-28,32(3,29)30)16-15-19-9-13-21(14-10-19)20-11-7-18(8-12-20)5-4-6-22(17-26)31-2/h7-14,22,26,28H,6,15-17H2,1-3H3,(H,25,27). The average molecular weight is 460 g/mol. The van der Waals surface area contributed by atoms with Gasteiger partial charge >= 0.3 is 0 Å². The zero-order chi connectivity index (χ0) is 23.8. The molecule has 0 saturated heterocycles. The highest BCUT2D eigenvalue weighted by atomic mass is 32.2. The van der Waals surface area contributed by atoms with Crippen molar-refractivity contribution in [2.75, 3.05) is 20.0 Å². The second-order valence-corrected chi connectivity index (χ2v) is 10.2. The molecule has 0 aliphatic carbocycles. The summed E-state index contributed by atoms with van der Waals surface area (Å²) in [6, 6.07) is 15.4. The van der Waals surface area contributed by atoms with Crippen molar-refractivity contribution >= 4 is 15.7 Å². The lowest BCUT2D eigenvalue weighted by molar-refractivity contribution is -0.131. The molecule has 0 radical (unpaired) electrons. The minimum absolute atomic E-state index is 0.0468.